The van der Waals surface area contributed by atoms with Gasteiger partial charge in [-0.15, -0.1) is 0 Å². The van der Waals surface area contributed by atoms with E-state index in [1.165, 1.54) is 10.2 Å². The maximum atomic E-state index is 13.6. The summed E-state index contributed by atoms with van der Waals surface area (Å²) >= 11 is 6.20. The molecule has 36 heavy (non-hydrogen) atoms. The molecule has 0 unspecified atom stereocenters. The van der Waals surface area contributed by atoms with Crippen molar-refractivity contribution >= 4 is 39.3 Å². The summed E-state index contributed by atoms with van der Waals surface area (Å²) in [4.78, 5) is 26.4. The summed E-state index contributed by atoms with van der Waals surface area (Å²) in [6.45, 7) is 2.32. The highest BCUT2D eigenvalue weighted by atomic mass is 35.5. The number of aromatic nitrogens is 3. The second-order valence-electron chi connectivity index (χ2n) is 9.10. The van der Waals surface area contributed by atoms with Gasteiger partial charge in [-0.25, -0.2) is 4.68 Å². The van der Waals surface area contributed by atoms with E-state index in [9.17, 15) is 9.59 Å². The summed E-state index contributed by atoms with van der Waals surface area (Å²) in [6.07, 6.45) is 3.36. The van der Waals surface area contributed by atoms with Crippen LogP contribution >= 0.6 is 11.6 Å². The first kappa shape index (κ1) is 23.8. The standard InChI is InChI=1S/C29H27ClN4O2/c1-20(14-15-21-8-3-2-4-9-21)32-27(35)19-34-29(36)28-25(17-31-34)24-12-5-6-13-26(24)33(28)18-22-10-7-11-23(30)16-22/h2-13,16-17,20H,14-15,18-19H2,1H3,(H,32,35)/t20-/m0/s1. The van der Waals surface area contributed by atoms with Crippen molar-refractivity contribution in [1.82, 2.24) is 19.7 Å². The smallest absolute Gasteiger partial charge is 0.291 e. The Morgan fingerprint density at radius 1 is 0.972 bits per heavy atom. The molecule has 5 rings (SSSR count). The third-order valence-corrected chi connectivity index (χ3v) is 6.65. The molecule has 0 fully saturated rings. The zero-order valence-electron chi connectivity index (χ0n) is 20.0. The van der Waals surface area contributed by atoms with Gasteiger partial charge in [0.25, 0.3) is 5.56 Å². The normalized spacial score (nSPS) is 12.2. The molecule has 0 saturated carbocycles. The molecular formula is C29H27ClN4O2. The Balaban J connectivity index is 1.41. The minimum atomic E-state index is -0.294. The number of halogens is 1. The lowest BCUT2D eigenvalue weighted by Crippen LogP contribution is -2.38. The Labute approximate surface area is 214 Å². The fourth-order valence-corrected chi connectivity index (χ4v) is 4.86. The molecule has 5 aromatic rings. The number of nitrogens with one attached hydrogen (secondary N) is 1. The minimum absolute atomic E-state index is 0.0218. The summed E-state index contributed by atoms with van der Waals surface area (Å²) in [6, 6.07) is 25.6. The molecule has 1 amide bonds. The van der Waals surface area contributed by atoms with Crippen LogP contribution in [0.2, 0.25) is 5.02 Å². The summed E-state index contributed by atoms with van der Waals surface area (Å²) in [5.74, 6) is -0.234. The molecule has 2 aromatic heterocycles. The van der Waals surface area contributed by atoms with Crippen LogP contribution in [-0.4, -0.2) is 26.3 Å². The van der Waals surface area contributed by atoms with Crippen LogP contribution in [0.4, 0.5) is 0 Å². The lowest BCUT2D eigenvalue weighted by atomic mass is 10.1. The maximum absolute atomic E-state index is 13.6. The molecule has 0 spiro atoms. The number of carbonyl (C=O) groups is 1. The fraction of sp³-hybridized carbons (Fsp3) is 0.207. The van der Waals surface area contributed by atoms with Crippen molar-refractivity contribution in [2.45, 2.75) is 38.9 Å². The quantitative estimate of drug-likeness (QED) is 0.320. The number of carbonyl (C=O) groups excluding carboxylic acids is 1. The highest BCUT2D eigenvalue weighted by Crippen LogP contribution is 2.27. The monoisotopic (exact) mass is 498 g/mol. The summed E-state index contributed by atoms with van der Waals surface area (Å²) in [5.41, 5.74) is 3.38. The van der Waals surface area contributed by atoms with Gasteiger partial charge in [-0.3, -0.25) is 9.59 Å². The van der Waals surface area contributed by atoms with Gasteiger partial charge in [-0.1, -0.05) is 72.3 Å². The van der Waals surface area contributed by atoms with Crippen molar-refractivity contribution in [2.75, 3.05) is 0 Å². The predicted octanol–water partition coefficient (Wildman–Crippen LogP) is 5.19. The number of aryl methyl sites for hydroxylation is 1. The van der Waals surface area contributed by atoms with Crippen LogP contribution in [-0.2, 0) is 24.3 Å². The van der Waals surface area contributed by atoms with E-state index in [4.69, 9.17) is 11.6 Å². The van der Waals surface area contributed by atoms with Crippen molar-refractivity contribution in [3.05, 3.63) is 112 Å². The van der Waals surface area contributed by atoms with E-state index in [0.29, 0.717) is 17.1 Å². The second-order valence-corrected chi connectivity index (χ2v) is 9.53. The Morgan fingerprint density at radius 3 is 2.53 bits per heavy atom. The average Bonchev–Trinajstić information content (AvgIpc) is 3.19. The van der Waals surface area contributed by atoms with Gasteiger partial charge in [0.2, 0.25) is 5.91 Å². The molecule has 1 N–H and O–H groups in total. The molecule has 0 bridgehead atoms. The van der Waals surface area contributed by atoms with Gasteiger partial charge in [0, 0.05) is 33.9 Å². The number of para-hydroxylation sites is 1. The molecule has 0 aliphatic rings. The molecule has 7 heteroatoms. The van der Waals surface area contributed by atoms with Crippen LogP contribution in [0, 0.1) is 0 Å². The lowest BCUT2D eigenvalue weighted by molar-refractivity contribution is -0.122. The highest BCUT2D eigenvalue weighted by molar-refractivity contribution is 6.30. The number of hydrogen-bond donors (Lipinski definition) is 1. The Bertz CT molecular complexity index is 1590. The lowest BCUT2D eigenvalue weighted by Gasteiger charge is -2.14. The van der Waals surface area contributed by atoms with Crippen LogP contribution in [0.15, 0.2) is 89.9 Å². The fourth-order valence-electron chi connectivity index (χ4n) is 4.64. The Morgan fingerprint density at radius 2 is 1.72 bits per heavy atom. The van der Waals surface area contributed by atoms with E-state index in [1.807, 2.05) is 78.2 Å². The van der Waals surface area contributed by atoms with E-state index in [1.54, 1.807) is 6.20 Å². The van der Waals surface area contributed by atoms with Crippen molar-refractivity contribution in [1.29, 1.82) is 0 Å². The Kier molecular flexibility index (Phi) is 6.87. The van der Waals surface area contributed by atoms with Crippen molar-refractivity contribution < 1.29 is 4.79 Å². The van der Waals surface area contributed by atoms with E-state index in [2.05, 4.69) is 22.5 Å². The predicted molar refractivity (Wildman–Crippen MR) is 144 cm³/mol. The first-order chi connectivity index (χ1) is 17.5. The van der Waals surface area contributed by atoms with Gasteiger partial charge >= 0.3 is 0 Å². The summed E-state index contributed by atoms with van der Waals surface area (Å²) in [5, 5.41) is 9.70. The number of benzene rings is 3. The van der Waals surface area contributed by atoms with Gasteiger partial charge in [0.05, 0.1) is 6.20 Å². The van der Waals surface area contributed by atoms with Crippen LogP contribution in [0.1, 0.15) is 24.5 Å². The third kappa shape index (κ3) is 5.04. The van der Waals surface area contributed by atoms with Gasteiger partial charge in [-0.2, -0.15) is 5.10 Å². The molecule has 2 heterocycles. The summed E-state index contributed by atoms with van der Waals surface area (Å²) < 4.78 is 3.23. The van der Waals surface area contributed by atoms with Gasteiger partial charge in [0.1, 0.15) is 12.1 Å². The first-order valence-electron chi connectivity index (χ1n) is 12.0. The third-order valence-electron chi connectivity index (χ3n) is 6.41. The zero-order chi connectivity index (χ0) is 25.1. The topological polar surface area (TPSA) is 68.9 Å². The number of hydrogen-bond acceptors (Lipinski definition) is 3. The average molecular weight is 499 g/mol. The Hall–Kier alpha value is -3.90. The van der Waals surface area contributed by atoms with Crippen LogP contribution in [0.25, 0.3) is 21.8 Å². The largest absolute Gasteiger partial charge is 0.352 e. The van der Waals surface area contributed by atoms with Gasteiger partial charge in [0.15, 0.2) is 0 Å². The van der Waals surface area contributed by atoms with Crippen molar-refractivity contribution in [3.63, 3.8) is 0 Å². The van der Waals surface area contributed by atoms with Crippen molar-refractivity contribution in [3.8, 4) is 0 Å². The summed E-state index contributed by atoms with van der Waals surface area (Å²) in [7, 11) is 0. The van der Waals surface area contributed by atoms with Crippen molar-refractivity contribution in [2.24, 2.45) is 0 Å². The molecule has 1 atom stereocenters. The molecule has 3 aromatic carbocycles. The highest BCUT2D eigenvalue weighted by Gasteiger charge is 2.18. The number of amides is 1. The van der Waals surface area contributed by atoms with E-state index in [-0.39, 0.29) is 24.1 Å². The van der Waals surface area contributed by atoms with E-state index >= 15 is 0 Å². The van der Waals surface area contributed by atoms with E-state index in [0.717, 1.165) is 34.7 Å². The van der Waals surface area contributed by atoms with Crippen LogP contribution in [0.3, 0.4) is 0 Å². The number of nitrogens with zero attached hydrogens (tertiary/aromatic N) is 3. The molecule has 0 radical (unpaired) electrons. The molecule has 6 nitrogen and oxygen atoms in total. The molecule has 0 aliphatic carbocycles. The number of fused-ring (bicyclic) bond motifs is 3. The van der Waals surface area contributed by atoms with Gasteiger partial charge in [-0.05, 0) is 49.1 Å². The zero-order valence-corrected chi connectivity index (χ0v) is 20.8. The second kappa shape index (κ2) is 10.4. The van der Waals surface area contributed by atoms with Crippen LogP contribution < -0.4 is 10.9 Å². The SMILES string of the molecule is C[C@@H](CCc1ccccc1)NC(=O)Cn1ncc2c3ccccc3n(Cc3cccc(Cl)c3)c2c1=O. The number of rotatable bonds is 8. The maximum Gasteiger partial charge on any atom is 0.291 e. The molecular weight excluding hydrogens is 472 g/mol. The van der Waals surface area contributed by atoms with Gasteiger partial charge < -0.3 is 9.88 Å². The molecule has 182 valence electrons. The van der Waals surface area contributed by atoms with Crippen LogP contribution in [0.5, 0.6) is 0 Å². The molecule has 0 aliphatic heterocycles. The minimum Gasteiger partial charge on any atom is -0.352 e. The van der Waals surface area contributed by atoms with E-state index < -0.39 is 0 Å². The first-order valence-corrected chi connectivity index (χ1v) is 12.4. The molecule has 0 saturated heterocycles.